The van der Waals surface area contributed by atoms with Gasteiger partial charge in [0.05, 0.1) is 16.5 Å². The number of hydrogen-bond acceptors (Lipinski definition) is 3. The largest absolute Gasteiger partial charge is 0.416 e. The summed E-state index contributed by atoms with van der Waals surface area (Å²) in [5.41, 5.74) is 0.531. The molecule has 0 saturated carbocycles. The lowest BCUT2D eigenvalue weighted by Gasteiger charge is -2.16. The molecule has 0 radical (unpaired) electrons. The van der Waals surface area contributed by atoms with Crippen LogP contribution in [0, 0.1) is 4.91 Å². The predicted octanol–water partition coefficient (Wildman–Crippen LogP) is 3.83. The fourth-order valence-electron chi connectivity index (χ4n) is 1.82. The van der Waals surface area contributed by atoms with Gasteiger partial charge >= 0.3 is 6.18 Å². The number of pyridine rings is 1. The Kier molecular flexibility index (Phi) is 4.52. The highest BCUT2D eigenvalue weighted by atomic mass is 19.4. The second-order valence-electron chi connectivity index (χ2n) is 4.35. The van der Waals surface area contributed by atoms with E-state index in [1.54, 1.807) is 24.5 Å². The van der Waals surface area contributed by atoms with Crippen LogP contribution in [0.15, 0.2) is 54.1 Å². The van der Waals surface area contributed by atoms with E-state index in [1.807, 2.05) is 0 Å². The highest BCUT2D eigenvalue weighted by Crippen LogP contribution is 2.30. The normalized spacial score (nSPS) is 11.2. The van der Waals surface area contributed by atoms with Crippen LogP contribution in [0.25, 0.3) is 0 Å². The molecule has 0 unspecified atom stereocenters. The Labute approximate surface area is 119 Å². The van der Waals surface area contributed by atoms with Crippen LogP contribution in [0.3, 0.4) is 0 Å². The number of alkyl halides is 3. The minimum Gasteiger partial charge on any atom is -0.265 e. The summed E-state index contributed by atoms with van der Waals surface area (Å²) in [5, 5.41) is 3.98. The lowest BCUT2D eigenvalue weighted by Crippen LogP contribution is -2.19. The van der Waals surface area contributed by atoms with Crippen LogP contribution in [0.5, 0.6) is 0 Å². The summed E-state index contributed by atoms with van der Waals surface area (Å²) in [6, 6.07) is 7.93. The first-order valence-electron chi connectivity index (χ1n) is 6.17. The van der Waals surface area contributed by atoms with Gasteiger partial charge in [-0.05, 0) is 48.4 Å². The molecule has 0 bridgehead atoms. The second kappa shape index (κ2) is 6.34. The zero-order valence-corrected chi connectivity index (χ0v) is 10.9. The van der Waals surface area contributed by atoms with Crippen molar-refractivity contribution in [2.75, 3.05) is 11.6 Å². The van der Waals surface area contributed by atoms with E-state index in [2.05, 4.69) is 10.3 Å². The Hall–Kier alpha value is -2.44. The third kappa shape index (κ3) is 4.01. The molecule has 0 fully saturated rings. The minimum absolute atomic E-state index is 0.277. The van der Waals surface area contributed by atoms with Crippen LogP contribution in [-0.4, -0.2) is 11.5 Å². The Bertz CT molecular complexity index is 585. The van der Waals surface area contributed by atoms with Crippen LogP contribution >= 0.6 is 0 Å². The number of nitroso groups, excluding NO2 is 1. The number of aromatic nitrogens is 1. The standard InChI is InChI=1S/C14H12F3N3O/c15-14(16,17)12-1-3-13(4-2-12)20(19-21)10-7-11-5-8-18-9-6-11/h1-6,8-9H,7,10H2. The van der Waals surface area contributed by atoms with E-state index in [0.717, 1.165) is 22.7 Å². The van der Waals surface area contributed by atoms with Gasteiger partial charge in [-0.2, -0.15) is 13.2 Å². The number of hydrogen-bond donors (Lipinski definition) is 0. The molecular formula is C14H12F3N3O. The molecule has 4 nitrogen and oxygen atoms in total. The van der Waals surface area contributed by atoms with E-state index in [0.29, 0.717) is 12.1 Å². The van der Waals surface area contributed by atoms with E-state index in [4.69, 9.17) is 0 Å². The summed E-state index contributed by atoms with van der Waals surface area (Å²) in [4.78, 5) is 14.7. The monoisotopic (exact) mass is 295 g/mol. The second-order valence-corrected chi connectivity index (χ2v) is 4.35. The summed E-state index contributed by atoms with van der Waals surface area (Å²) in [5.74, 6) is 0. The van der Waals surface area contributed by atoms with Gasteiger partial charge in [0.15, 0.2) is 0 Å². The zero-order valence-electron chi connectivity index (χ0n) is 10.9. The van der Waals surface area contributed by atoms with Gasteiger partial charge in [-0.3, -0.25) is 4.98 Å². The molecule has 7 heteroatoms. The van der Waals surface area contributed by atoms with Crippen molar-refractivity contribution < 1.29 is 13.2 Å². The molecule has 1 aromatic carbocycles. The third-order valence-electron chi connectivity index (χ3n) is 2.95. The number of rotatable bonds is 5. The van der Waals surface area contributed by atoms with Crippen molar-refractivity contribution >= 4 is 5.69 Å². The Morgan fingerprint density at radius 1 is 1.05 bits per heavy atom. The molecule has 0 N–H and O–H groups in total. The van der Waals surface area contributed by atoms with Crippen molar-refractivity contribution in [1.29, 1.82) is 0 Å². The third-order valence-corrected chi connectivity index (χ3v) is 2.95. The maximum absolute atomic E-state index is 12.5. The molecule has 0 amide bonds. The summed E-state index contributed by atoms with van der Waals surface area (Å²) in [6.45, 7) is 0.277. The average molecular weight is 295 g/mol. The minimum atomic E-state index is -4.39. The van der Waals surface area contributed by atoms with Crippen LogP contribution in [0.4, 0.5) is 18.9 Å². The molecule has 0 atom stereocenters. The first-order valence-corrected chi connectivity index (χ1v) is 6.17. The summed E-state index contributed by atoms with van der Waals surface area (Å²) in [6.07, 6.45) is -0.595. The lowest BCUT2D eigenvalue weighted by molar-refractivity contribution is -0.137. The quantitative estimate of drug-likeness (QED) is 0.622. The fraction of sp³-hybridized carbons (Fsp3) is 0.214. The van der Waals surface area contributed by atoms with Crippen LogP contribution < -0.4 is 5.01 Å². The van der Waals surface area contributed by atoms with E-state index in [-0.39, 0.29) is 6.54 Å². The maximum Gasteiger partial charge on any atom is 0.416 e. The zero-order chi connectivity index (χ0) is 15.3. The highest BCUT2D eigenvalue weighted by molar-refractivity contribution is 5.47. The van der Waals surface area contributed by atoms with Crippen molar-refractivity contribution in [1.82, 2.24) is 4.98 Å². The molecule has 2 aromatic rings. The molecule has 1 heterocycles. The van der Waals surface area contributed by atoms with Crippen molar-refractivity contribution in [2.24, 2.45) is 5.29 Å². The molecule has 0 aliphatic rings. The van der Waals surface area contributed by atoms with Crippen molar-refractivity contribution in [3.8, 4) is 0 Å². The van der Waals surface area contributed by atoms with Crippen LogP contribution in [0.1, 0.15) is 11.1 Å². The fourth-order valence-corrected chi connectivity index (χ4v) is 1.82. The molecule has 0 aliphatic heterocycles. The average Bonchev–Trinajstić information content (AvgIpc) is 2.48. The van der Waals surface area contributed by atoms with Crippen LogP contribution in [-0.2, 0) is 12.6 Å². The van der Waals surface area contributed by atoms with E-state index in [9.17, 15) is 18.1 Å². The SMILES string of the molecule is O=NN(CCc1ccncc1)c1ccc(C(F)(F)F)cc1. The van der Waals surface area contributed by atoms with Crippen molar-refractivity contribution in [3.05, 3.63) is 64.8 Å². The Morgan fingerprint density at radius 3 is 2.19 bits per heavy atom. The van der Waals surface area contributed by atoms with Gasteiger partial charge in [0, 0.05) is 18.9 Å². The molecule has 110 valence electrons. The topological polar surface area (TPSA) is 45.6 Å². The van der Waals surface area contributed by atoms with Gasteiger partial charge in [0.2, 0.25) is 0 Å². The summed E-state index contributed by atoms with van der Waals surface area (Å²) in [7, 11) is 0. The van der Waals surface area contributed by atoms with Crippen molar-refractivity contribution in [2.45, 2.75) is 12.6 Å². The van der Waals surface area contributed by atoms with Gasteiger partial charge < -0.3 is 0 Å². The Balaban J connectivity index is 2.05. The number of anilines is 1. The highest BCUT2D eigenvalue weighted by Gasteiger charge is 2.30. The first kappa shape index (κ1) is 15.0. The molecule has 1 aromatic heterocycles. The Morgan fingerprint density at radius 2 is 1.67 bits per heavy atom. The molecule has 0 saturated heterocycles. The van der Waals surface area contributed by atoms with E-state index >= 15 is 0 Å². The van der Waals surface area contributed by atoms with Crippen LogP contribution in [0.2, 0.25) is 0 Å². The van der Waals surface area contributed by atoms with Crippen molar-refractivity contribution in [3.63, 3.8) is 0 Å². The smallest absolute Gasteiger partial charge is 0.265 e. The van der Waals surface area contributed by atoms with E-state index < -0.39 is 11.7 Å². The number of nitrogens with zero attached hydrogens (tertiary/aromatic N) is 3. The molecule has 0 spiro atoms. The first-order chi connectivity index (χ1) is 10.0. The van der Waals surface area contributed by atoms with Gasteiger partial charge in [-0.15, -0.1) is 4.91 Å². The maximum atomic E-state index is 12.5. The molecule has 21 heavy (non-hydrogen) atoms. The van der Waals surface area contributed by atoms with Gasteiger partial charge in [-0.25, -0.2) is 5.01 Å². The van der Waals surface area contributed by atoms with Gasteiger partial charge in [0.25, 0.3) is 0 Å². The molecular weight excluding hydrogens is 283 g/mol. The predicted molar refractivity (Wildman–Crippen MR) is 72.5 cm³/mol. The lowest BCUT2D eigenvalue weighted by atomic mass is 10.1. The van der Waals surface area contributed by atoms with Gasteiger partial charge in [-0.1, -0.05) is 0 Å². The number of benzene rings is 1. The van der Waals surface area contributed by atoms with Gasteiger partial charge in [0.1, 0.15) is 0 Å². The molecule has 0 aliphatic carbocycles. The number of halogens is 3. The summed E-state index contributed by atoms with van der Waals surface area (Å²) >= 11 is 0. The summed E-state index contributed by atoms with van der Waals surface area (Å²) < 4.78 is 37.4. The molecule has 2 rings (SSSR count). The van der Waals surface area contributed by atoms with E-state index in [1.165, 1.54) is 12.1 Å².